The Morgan fingerprint density at radius 1 is 0.886 bits per heavy atom. The number of rotatable bonds is 20. The summed E-state index contributed by atoms with van der Waals surface area (Å²) in [6, 6.07) is 16.5. The minimum Gasteiger partial charge on any atom is -0.482 e. The number of carbonyl (C=O) groups is 3. The van der Waals surface area contributed by atoms with E-state index in [9.17, 15) is 29.7 Å². The van der Waals surface area contributed by atoms with Crippen molar-refractivity contribution in [3.05, 3.63) is 77.9 Å². The number of unbranched alkanes of at least 4 members (excludes halogenated alkanes) is 1. The van der Waals surface area contributed by atoms with E-state index in [1.165, 1.54) is 11.6 Å². The Morgan fingerprint density at radius 2 is 1.64 bits per heavy atom. The van der Waals surface area contributed by atoms with Crippen molar-refractivity contribution in [1.29, 1.82) is 0 Å². The molecule has 2 aromatic carbocycles. The van der Waals surface area contributed by atoms with Gasteiger partial charge in [0.05, 0.1) is 31.5 Å². The van der Waals surface area contributed by atoms with E-state index in [-0.39, 0.29) is 44.0 Å². The lowest BCUT2D eigenvalue weighted by atomic mass is 9.85. The normalized spacial score (nSPS) is 20.3. The summed E-state index contributed by atoms with van der Waals surface area (Å²) in [5.41, 5.74) is 1.64. The summed E-state index contributed by atoms with van der Waals surface area (Å²) in [7, 11) is 0. The lowest BCUT2D eigenvalue weighted by Crippen LogP contribution is -2.23. The number of carbonyl (C=O) groups excluding carboxylic acids is 3. The predicted molar refractivity (Wildman–Crippen MR) is 165 cm³/mol. The fourth-order valence-electron chi connectivity index (χ4n) is 5.51. The van der Waals surface area contributed by atoms with E-state index in [1.807, 2.05) is 30.4 Å². The molecule has 240 valence electrons. The highest BCUT2D eigenvalue weighted by atomic mass is 16.6. The molecule has 1 aliphatic rings. The molecule has 0 spiro atoms. The second-order valence-electron chi connectivity index (χ2n) is 11.3. The van der Waals surface area contributed by atoms with E-state index in [4.69, 9.17) is 14.2 Å². The van der Waals surface area contributed by atoms with Crippen LogP contribution >= 0.6 is 0 Å². The van der Waals surface area contributed by atoms with Gasteiger partial charge in [-0.3, -0.25) is 9.59 Å². The fraction of sp³-hybridized carbons (Fsp3) is 0.514. The molecule has 0 heterocycles. The summed E-state index contributed by atoms with van der Waals surface area (Å²) in [4.78, 5) is 34.6. The van der Waals surface area contributed by atoms with Crippen LogP contribution < -0.4 is 4.74 Å². The van der Waals surface area contributed by atoms with Gasteiger partial charge in [-0.25, -0.2) is 4.79 Å². The van der Waals surface area contributed by atoms with E-state index in [1.54, 1.807) is 18.2 Å². The van der Waals surface area contributed by atoms with Crippen LogP contribution in [-0.2, 0) is 25.5 Å². The zero-order valence-electron chi connectivity index (χ0n) is 25.3. The molecular weight excluding hydrogens is 564 g/mol. The molecule has 2 aromatic rings. The van der Waals surface area contributed by atoms with E-state index in [0.29, 0.717) is 69.0 Å². The fourth-order valence-corrected chi connectivity index (χ4v) is 5.51. The van der Waals surface area contributed by atoms with Crippen LogP contribution in [0.15, 0.2) is 66.7 Å². The first-order valence-electron chi connectivity index (χ1n) is 15.6. The van der Waals surface area contributed by atoms with Crippen molar-refractivity contribution in [1.82, 2.24) is 0 Å². The van der Waals surface area contributed by atoms with Crippen molar-refractivity contribution in [3.63, 3.8) is 0 Å². The Hall–Kier alpha value is -3.53. The number of aliphatic hydroxyl groups excluding tert-OH is 3. The van der Waals surface area contributed by atoms with Gasteiger partial charge in [0.15, 0.2) is 6.61 Å². The lowest BCUT2D eigenvalue weighted by Gasteiger charge is -2.23. The maximum absolute atomic E-state index is 12.0. The molecule has 1 fully saturated rings. The molecule has 5 atom stereocenters. The Labute approximate surface area is 259 Å². The smallest absolute Gasteiger partial charge is 0.344 e. The molecule has 0 aliphatic heterocycles. The minimum absolute atomic E-state index is 0.0525. The van der Waals surface area contributed by atoms with Crippen LogP contribution in [-0.4, -0.2) is 71.7 Å². The monoisotopic (exact) mass is 610 g/mol. The summed E-state index contributed by atoms with van der Waals surface area (Å²) in [6.07, 6.45) is 8.83. The van der Waals surface area contributed by atoms with Gasteiger partial charge in [0.25, 0.3) is 0 Å². The first-order valence-corrected chi connectivity index (χ1v) is 15.6. The van der Waals surface area contributed by atoms with Gasteiger partial charge in [0.2, 0.25) is 0 Å². The standard InChI is InChI=1S/C35H46O9/c36-24-27-12-8-13-29(22-27)44-25-35(41)43-21-9-20-42-34(40)15-7-2-1-6-14-30-31(33(39)23-32(30)38)19-18-28(37)17-16-26-10-4-3-5-11-26/h1,3-6,8,10-13,22,24,28,30-33,37-39H,2,7,9,14-21,23,25H2/b6-1+/t28-,30+,31+,32-,33+/m0/s1. The van der Waals surface area contributed by atoms with Crippen molar-refractivity contribution in [2.45, 2.75) is 82.5 Å². The second-order valence-corrected chi connectivity index (χ2v) is 11.3. The highest BCUT2D eigenvalue weighted by Crippen LogP contribution is 2.38. The molecule has 9 nitrogen and oxygen atoms in total. The number of allylic oxidation sites excluding steroid dienone is 2. The van der Waals surface area contributed by atoms with Gasteiger partial charge < -0.3 is 29.5 Å². The Bertz CT molecular complexity index is 1170. The summed E-state index contributed by atoms with van der Waals surface area (Å²) in [5, 5.41) is 31.5. The molecule has 0 unspecified atom stereocenters. The molecule has 0 bridgehead atoms. The third kappa shape index (κ3) is 13.0. The third-order valence-corrected chi connectivity index (χ3v) is 7.96. The topological polar surface area (TPSA) is 140 Å². The number of hydrogen-bond acceptors (Lipinski definition) is 9. The van der Waals surface area contributed by atoms with Crippen LogP contribution in [0.5, 0.6) is 5.75 Å². The number of benzene rings is 2. The first kappa shape index (κ1) is 35.0. The third-order valence-electron chi connectivity index (χ3n) is 7.96. The predicted octanol–water partition coefficient (Wildman–Crippen LogP) is 4.60. The van der Waals surface area contributed by atoms with E-state index in [0.717, 1.165) is 6.42 Å². The van der Waals surface area contributed by atoms with Crippen LogP contribution in [0.2, 0.25) is 0 Å². The van der Waals surface area contributed by atoms with Crippen molar-refractivity contribution in [3.8, 4) is 5.75 Å². The largest absolute Gasteiger partial charge is 0.482 e. The number of aliphatic hydroxyl groups is 3. The summed E-state index contributed by atoms with van der Waals surface area (Å²) >= 11 is 0. The van der Waals surface area contributed by atoms with Crippen molar-refractivity contribution in [2.24, 2.45) is 11.8 Å². The van der Waals surface area contributed by atoms with Crippen molar-refractivity contribution >= 4 is 18.2 Å². The molecule has 0 amide bonds. The summed E-state index contributed by atoms with van der Waals surface area (Å²) < 4.78 is 15.6. The van der Waals surface area contributed by atoms with Crippen LogP contribution in [0.3, 0.4) is 0 Å². The average Bonchev–Trinajstić information content (AvgIpc) is 3.30. The van der Waals surface area contributed by atoms with E-state index in [2.05, 4.69) is 12.1 Å². The quantitative estimate of drug-likeness (QED) is 0.0849. The van der Waals surface area contributed by atoms with Gasteiger partial charge in [0, 0.05) is 18.4 Å². The number of aryl methyl sites for hydroxylation is 1. The maximum atomic E-state index is 12.0. The summed E-state index contributed by atoms with van der Waals surface area (Å²) in [6.45, 7) is -0.0365. The molecule has 3 N–H and O–H groups in total. The molecule has 0 aromatic heterocycles. The van der Waals surface area contributed by atoms with Crippen molar-refractivity contribution in [2.75, 3.05) is 19.8 Å². The number of aldehydes is 1. The molecule has 9 heteroatoms. The number of esters is 2. The molecule has 1 aliphatic carbocycles. The minimum atomic E-state index is -0.566. The highest BCUT2D eigenvalue weighted by Gasteiger charge is 2.40. The Kier molecular flexibility index (Phi) is 15.6. The van der Waals surface area contributed by atoms with Crippen LogP contribution in [0.1, 0.15) is 73.7 Å². The molecule has 1 saturated carbocycles. The maximum Gasteiger partial charge on any atom is 0.344 e. The number of ether oxygens (including phenoxy) is 3. The first-order chi connectivity index (χ1) is 21.4. The van der Waals surface area contributed by atoms with Gasteiger partial charge in [-0.15, -0.1) is 0 Å². The highest BCUT2D eigenvalue weighted by molar-refractivity contribution is 5.75. The average molecular weight is 611 g/mol. The van der Waals surface area contributed by atoms with Gasteiger partial charge >= 0.3 is 11.9 Å². The molecular formula is C35H46O9. The van der Waals surface area contributed by atoms with Gasteiger partial charge in [0.1, 0.15) is 12.0 Å². The lowest BCUT2D eigenvalue weighted by molar-refractivity contribution is -0.147. The molecule has 0 radical (unpaired) electrons. The summed E-state index contributed by atoms with van der Waals surface area (Å²) in [5.74, 6) is -0.577. The Morgan fingerprint density at radius 3 is 2.41 bits per heavy atom. The zero-order valence-corrected chi connectivity index (χ0v) is 25.3. The van der Waals surface area contributed by atoms with Gasteiger partial charge in [-0.2, -0.15) is 0 Å². The zero-order chi connectivity index (χ0) is 31.6. The van der Waals surface area contributed by atoms with Crippen molar-refractivity contribution < 1.29 is 43.9 Å². The number of hydrogen-bond donors (Lipinski definition) is 3. The van der Waals surface area contributed by atoms with E-state index < -0.39 is 24.3 Å². The molecule has 44 heavy (non-hydrogen) atoms. The van der Waals surface area contributed by atoms with Crippen LogP contribution in [0.4, 0.5) is 0 Å². The van der Waals surface area contributed by atoms with Gasteiger partial charge in [-0.05, 0) is 80.9 Å². The van der Waals surface area contributed by atoms with Crippen LogP contribution in [0.25, 0.3) is 0 Å². The molecule has 3 rings (SSSR count). The SMILES string of the molecule is O=Cc1cccc(OCC(=O)OCCCOC(=O)CCC/C=C/C[C@@H]2[C@@H](CC[C@@H](O)CCc3ccccc3)[C@H](O)C[C@@H]2O)c1. The van der Waals surface area contributed by atoms with E-state index >= 15 is 0 Å². The molecule has 0 saturated heterocycles. The Balaban J connectivity index is 1.21. The second kappa shape index (κ2) is 19.7. The van der Waals surface area contributed by atoms with Crippen LogP contribution in [0, 0.1) is 11.8 Å². The van der Waals surface area contributed by atoms with Gasteiger partial charge in [-0.1, -0.05) is 54.6 Å².